The van der Waals surface area contributed by atoms with Gasteiger partial charge < -0.3 is 5.32 Å². The van der Waals surface area contributed by atoms with Crippen LogP contribution in [0.1, 0.15) is 19.5 Å². The van der Waals surface area contributed by atoms with Gasteiger partial charge in [0.15, 0.2) is 5.82 Å². The van der Waals surface area contributed by atoms with E-state index < -0.39 is 0 Å². The van der Waals surface area contributed by atoms with Gasteiger partial charge in [0, 0.05) is 28.8 Å². The minimum absolute atomic E-state index is 0.433. The van der Waals surface area contributed by atoms with Crippen molar-refractivity contribution in [3.63, 3.8) is 0 Å². The standard InChI is InChI=1S/C14H15BrClN3/c1-9(2)18-8-11-5-6-17-14(19-11)10-3-4-13(16)12(15)7-10/h3-7,9,18H,8H2,1-2H3. The first-order chi connectivity index (χ1) is 9.06. The number of rotatable bonds is 4. The third-order valence-electron chi connectivity index (χ3n) is 2.58. The molecule has 0 unspecified atom stereocenters. The van der Waals surface area contributed by atoms with Crippen molar-refractivity contribution >= 4 is 27.5 Å². The van der Waals surface area contributed by atoms with Crippen LogP contribution in [0.3, 0.4) is 0 Å². The summed E-state index contributed by atoms with van der Waals surface area (Å²) in [5.74, 6) is 0.709. The molecule has 0 radical (unpaired) electrons. The van der Waals surface area contributed by atoms with Crippen LogP contribution in [0.15, 0.2) is 34.9 Å². The molecular formula is C14H15BrClN3. The van der Waals surface area contributed by atoms with Gasteiger partial charge >= 0.3 is 0 Å². The second-order valence-corrected chi connectivity index (χ2v) is 5.80. The third-order valence-corrected chi connectivity index (χ3v) is 3.80. The van der Waals surface area contributed by atoms with Crippen molar-refractivity contribution < 1.29 is 0 Å². The smallest absolute Gasteiger partial charge is 0.159 e. The van der Waals surface area contributed by atoms with E-state index in [9.17, 15) is 0 Å². The molecule has 1 aromatic carbocycles. The molecule has 3 nitrogen and oxygen atoms in total. The molecule has 2 aromatic rings. The normalized spacial score (nSPS) is 11.0. The molecule has 1 aromatic heterocycles. The van der Waals surface area contributed by atoms with Crippen LogP contribution >= 0.6 is 27.5 Å². The maximum absolute atomic E-state index is 5.99. The van der Waals surface area contributed by atoms with Crippen molar-refractivity contribution in [1.82, 2.24) is 15.3 Å². The van der Waals surface area contributed by atoms with E-state index in [4.69, 9.17) is 11.6 Å². The maximum atomic E-state index is 5.99. The van der Waals surface area contributed by atoms with Gasteiger partial charge in [-0.15, -0.1) is 0 Å². The van der Waals surface area contributed by atoms with E-state index in [-0.39, 0.29) is 0 Å². The van der Waals surface area contributed by atoms with Gasteiger partial charge in [-0.25, -0.2) is 9.97 Å². The van der Waals surface area contributed by atoms with Gasteiger partial charge in [-0.1, -0.05) is 25.4 Å². The van der Waals surface area contributed by atoms with Gasteiger partial charge in [-0.3, -0.25) is 0 Å². The highest BCUT2D eigenvalue weighted by Crippen LogP contribution is 2.27. The zero-order valence-electron chi connectivity index (χ0n) is 10.8. The molecule has 0 amide bonds. The summed E-state index contributed by atoms with van der Waals surface area (Å²) >= 11 is 9.40. The lowest BCUT2D eigenvalue weighted by Crippen LogP contribution is -2.22. The Balaban J connectivity index is 2.24. The lowest BCUT2D eigenvalue weighted by Gasteiger charge is -2.08. The lowest BCUT2D eigenvalue weighted by molar-refractivity contribution is 0.581. The monoisotopic (exact) mass is 339 g/mol. The number of aromatic nitrogens is 2. The second kappa shape index (κ2) is 6.46. The Morgan fingerprint density at radius 1 is 1.32 bits per heavy atom. The first-order valence-corrected chi connectivity index (χ1v) is 7.24. The summed E-state index contributed by atoms with van der Waals surface area (Å²) in [6.07, 6.45) is 1.78. The average Bonchev–Trinajstić information content (AvgIpc) is 2.40. The Morgan fingerprint density at radius 3 is 2.79 bits per heavy atom. The molecule has 2 rings (SSSR count). The summed E-state index contributed by atoms with van der Waals surface area (Å²) in [5, 5.41) is 4.02. The topological polar surface area (TPSA) is 37.8 Å². The predicted molar refractivity (Wildman–Crippen MR) is 82.2 cm³/mol. The van der Waals surface area contributed by atoms with Gasteiger partial charge in [0.2, 0.25) is 0 Å². The van der Waals surface area contributed by atoms with Crippen molar-refractivity contribution in [3.05, 3.63) is 45.7 Å². The number of benzene rings is 1. The Kier molecular flexibility index (Phi) is 4.91. The molecule has 0 fully saturated rings. The largest absolute Gasteiger partial charge is 0.309 e. The molecule has 0 saturated heterocycles. The Labute approximate surface area is 126 Å². The van der Waals surface area contributed by atoms with Crippen LogP contribution in [0.25, 0.3) is 11.4 Å². The highest BCUT2D eigenvalue weighted by Gasteiger charge is 2.05. The van der Waals surface area contributed by atoms with Gasteiger partial charge in [0.25, 0.3) is 0 Å². The highest BCUT2D eigenvalue weighted by atomic mass is 79.9. The molecule has 0 aliphatic carbocycles. The summed E-state index contributed by atoms with van der Waals surface area (Å²) in [6.45, 7) is 4.96. The Morgan fingerprint density at radius 2 is 2.11 bits per heavy atom. The van der Waals surface area contributed by atoms with Crippen LogP contribution in [-0.4, -0.2) is 16.0 Å². The van der Waals surface area contributed by atoms with E-state index in [2.05, 4.69) is 45.1 Å². The zero-order valence-corrected chi connectivity index (χ0v) is 13.2. The number of hydrogen-bond acceptors (Lipinski definition) is 3. The molecule has 0 saturated carbocycles. The molecule has 1 heterocycles. The molecule has 100 valence electrons. The fourth-order valence-electron chi connectivity index (χ4n) is 1.58. The predicted octanol–water partition coefficient (Wildman–Crippen LogP) is 4.06. The van der Waals surface area contributed by atoms with Crippen LogP contribution in [0.2, 0.25) is 5.02 Å². The zero-order chi connectivity index (χ0) is 13.8. The van der Waals surface area contributed by atoms with Crippen molar-refractivity contribution in [2.45, 2.75) is 26.4 Å². The quantitative estimate of drug-likeness (QED) is 0.912. The number of hydrogen-bond donors (Lipinski definition) is 1. The first kappa shape index (κ1) is 14.4. The Hall–Kier alpha value is -0.970. The summed E-state index contributed by atoms with van der Waals surface area (Å²) in [6, 6.07) is 8.04. The fraction of sp³-hybridized carbons (Fsp3) is 0.286. The lowest BCUT2D eigenvalue weighted by atomic mass is 10.2. The van der Waals surface area contributed by atoms with Crippen molar-refractivity contribution in [1.29, 1.82) is 0 Å². The molecule has 0 spiro atoms. The number of nitrogens with one attached hydrogen (secondary N) is 1. The number of nitrogens with zero attached hydrogens (tertiary/aromatic N) is 2. The van der Waals surface area contributed by atoms with Crippen LogP contribution in [-0.2, 0) is 6.54 Å². The van der Waals surface area contributed by atoms with Gasteiger partial charge in [0.1, 0.15) is 0 Å². The van der Waals surface area contributed by atoms with Crippen LogP contribution in [0.5, 0.6) is 0 Å². The molecule has 5 heteroatoms. The van der Waals surface area contributed by atoms with Gasteiger partial charge in [0.05, 0.1) is 10.7 Å². The third kappa shape index (κ3) is 4.00. The van der Waals surface area contributed by atoms with E-state index in [1.54, 1.807) is 6.20 Å². The molecule has 0 aliphatic rings. The minimum atomic E-state index is 0.433. The number of halogens is 2. The highest BCUT2D eigenvalue weighted by molar-refractivity contribution is 9.10. The van der Waals surface area contributed by atoms with E-state index in [0.29, 0.717) is 16.9 Å². The molecule has 19 heavy (non-hydrogen) atoms. The van der Waals surface area contributed by atoms with Crippen molar-refractivity contribution in [2.75, 3.05) is 0 Å². The fourth-order valence-corrected chi connectivity index (χ4v) is 2.07. The average molecular weight is 341 g/mol. The van der Waals surface area contributed by atoms with Crippen molar-refractivity contribution in [2.24, 2.45) is 0 Å². The molecular weight excluding hydrogens is 326 g/mol. The summed E-state index contributed by atoms with van der Waals surface area (Å²) in [4.78, 5) is 8.85. The molecule has 1 N–H and O–H groups in total. The molecule has 0 aliphatic heterocycles. The van der Waals surface area contributed by atoms with Crippen LogP contribution < -0.4 is 5.32 Å². The summed E-state index contributed by atoms with van der Waals surface area (Å²) in [5.41, 5.74) is 1.92. The summed E-state index contributed by atoms with van der Waals surface area (Å²) in [7, 11) is 0. The van der Waals surface area contributed by atoms with E-state index in [0.717, 1.165) is 22.3 Å². The van der Waals surface area contributed by atoms with E-state index in [1.807, 2.05) is 24.3 Å². The first-order valence-electron chi connectivity index (χ1n) is 6.07. The van der Waals surface area contributed by atoms with E-state index in [1.165, 1.54) is 0 Å². The SMILES string of the molecule is CC(C)NCc1ccnc(-c2ccc(Cl)c(Br)c2)n1. The molecule has 0 bridgehead atoms. The van der Waals surface area contributed by atoms with Crippen LogP contribution in [0, 0.1) is 0 Å². The van der Waals surface area contributed by atoms with Gasteiger partial charge in [-0.2, -0.15) is 0 Å². The van der Waals surface area contributed by atoms with Crippen LogP contribution in [0.4, 0.5) is 0 Å². The molecule has 0 atom stereocenters. The Bertz CT molecular complexity index is 572. The maximum Gasteiger partial charge on any atom is 0.159 e. The summed E-state index contributed by atoms with van der Waals surface area (Å²) < 4.78 is 0.848. The van der Waals surface area contributed by atoms with Crippen molar-refractivity contribution in [3.8, 4) is 11.4 Å². The van der Waals surface area contributed by atoms with E-state index >= 15 is 0 Å². The second-order valence-electron chi connectivity index (χ2n) is 4.54. The van der Waals surface area contributed by atoms with Gasteiger partial charge in [-0.05, 0) is 40.2 Å². The minimum Gasteiger partial charge on any atom is -0.309 e.